The average molecular weight is 229 g/mol. The summed E-state index contributed by atoms with van der Waals surface area (Å²) >= 11 is 14.9. The molecule has 1 aromatic heterocycles. The zero-order valence-electron chi connectivity index (χ0n) is 5.54. The zero-order chi connectivity index (χ0) is 9.56. The van der Waals surface area contributed by atoms with Crippen molar-refractivity contribution in [1.82, 2.24) is 9.97 Å². The number of hydrogen-bond acceptors (Lipinski definition) is 3. The van der Waals surface area contributed by atoms with E-state index in [-0.39, 0.29) is 5.28 Å². The monoisotopic (exact) mass is 228 g/mol. The van der Waals surface area contributed by atoms with Crippen LogP contribution in [0.4, 0.5) is 4.79 Å². The molecule has 0 spiro atoms. The maximum absolute atomic E-state index is 8.77. The largest absolute Gasteiger partial charge is 0.469 e. The molecule has 1 rings (SSSR count). The summed E-state index contributed by atoms with van der Waals surface area (Å²) in [5, 5.41) is 7.73. The van der Waals surface area contributed by atoms with Crippen molar-refractivity contribution in [2.45, 2.75) is 0 Å². The lowest BCUT2D eigenvalue weighted by Gasteiger charge is -1.85. The second kappa shape index (κ2) is 5.99. The van der Waals surface area contributed by atoms with Crippen LogP contribution in [0.1, 0.15) is 0 Å². The number of halogens is 3. The van der Waals surface area contributed by atoms with Crippen LogP contribution in [0.15, 0.2) is 12.3 Å². The molecule has 1 aromatic rings. The molecule has 0 radical (unpaired) electrons. The molecule has 1 N–H and O–H groups in total. The number of carboxylic acid groups (broad SMARTS) is 1. The minimum absolute atomic E-state index is 0.178. The van der Waals surface area contributed by atoms with Crippen LogP contribution >= 0.6 is 34.8 Å². The van der Waals surface area contributed by atoms with Crippen LogP contribution in [0.25, 0.3) is 0 Å². The maximum Gasteiger partial charge on any atom is 0.401 e. The summed E-state index contributed by atoms with van der Waals surface area (Å²) < 4.78 is 0. The summed E-state index contributed by atoms with van der Waals surface area (Å²) in [5.74, 6) is 0. The van der Waals surface area contributed by atoms with Gasteiger partial charge in [-0.05, 0) is 17.7 Å². The van der Waals surface area contributed by atoms with Gasteiger partial charge < -0.3 is 5.11 Å². The van der Waals surface area contributed by atoms with Gasteiger partial charge in [0.05, 0.1) is 0 Å². The molecule has 0 aliphatic heterocycles. The smallest absolute Gasteiger partial charge is 0.401 e. The number of carbonyl (C=O) groups is 1. The highest BCUT2D eigenvalue weighted by atomic mass is 35.5. The van der Waals surface area contributed by atoms with Gasteiger partial charge in [-0.1, -0.05) is 11.6 Å². The second-order valence-electron chi connectivity index (χ2n) is 1.40. The van der Waals surface area contributed by atoms with E-state index in [0.717, 1.165) is 0 Å². The predicted molar refractivity (Wildman–Crippen MR) is 45.9 cm³/mol. The summed E-state index contributed by atoms with van der Waals surface area (Å²) in [6.45, 7) is 0. The first-order valence-electron chi connectivity index (χ1n) is 2.55. The van der Waals surface area contributed by atoms with Gasteiger partial charge in [0.1, 0.15) is 5.15 Å². The van der Waals surface area contributed by atoms with Crippen molar-refractivity contribution < 1.29 is 9.90 Å². The molecule has 0 saturated carbocycles. The lowest BCUT2D eigenvalue weighted by Crippen LogP contribution is -1.77. The van der Waals surface area contributed by atoms with Crippen LogP contribution in [0.5, 0.6) is 0 Å². The highest BCUT2D eigenvalue weighted by molar-refractivity contribution is 6.60. The molecule has 4 nitrogen and oxygen atoms in total. The molecule has 0 saturated heterocycles. The summed E-state index contributed by atoms with van der Waals surface area (Å²) in [4.78, 5) is 16.0. The van der Waals surface area contributed by atoms with E-state index in [9.17, 15) is 0 Å². The van der Waals surface area contributed by atoms with E-state index < -0.39 is 5.43 Å². The van der Waals surface area contributed by atoms with Crippen LogP contribution in [-0.4, -0.2) is 20.5 Å². The van der Waals surface area contributed by atoms with Gasteiger partial charge in [0.25, 0.3) is 0 Å². The number of rotatable bonds is 0. The minimum Gasteiger partial charge on any atom is -0.469 e. The van der Waals surface area contributed by atoms with Crippen molar-refractivity contribution in [2.24, 2.45) is 0 Å². The highest BCUT2D eigenvalue weighted by Gasteiger charge is 1.88. The van der Waals surface area contributed by atoms with Gasteiger partial charge >= 0.3 is 5.43 Å². The molecule has 7 heteroatoms. The first-order chi connectivity index (χ1) is 5.52. The third-order valence-corrected chi connectivity index (χ3v) is 0.985. The molecule has 66 valence electrons. The number of nitrogens with zero attached hydrogens (tertiary/aromatic N) is 2. The Morgan fingerprint density at radius 3 is 2.25 bits per heavy atom. The quantitative estimate of drug-likeness (QED) is 0.422. The Labute approximate surface area is 83.1 Å². The maximum atomic E-state index is 8.77. The van der Waals surface area contributed by atoms with Gasteiger partial charge in [-0.3, -0.25) is 0 Å². The van der Waals surface area contributed by atoms with Crippen molar-refractivity contribution in [1.29, 1.82) is 0 Å². The lowest BCUT2D eigenvalue weighted by molar-refractivity contribution is 0.220. The van der Waals surface area contributed by atoms with Gasteiger partial charge in [0.2, 0.25) is 5.28 Å². The third-order valence-electron chi connectivity index (χ3n) is 0.592. The number of hydrogen-bond donors (Lipinski definition) is 1. The first kappa shape index (κ1) is 11.4. The average Bonchev–Trinajstić information content (AvgIpc) is 1.84. The Kier molecular flexibility index (Phi) is 5.70. The molecule has 0 aliphatic carbocycles. The standard InChI is InChI=1S/C4H2Cl2N2.CHClO2/c5-3-1-2-7-4(6)8-3;2-1(3)4/h1-2H;(H,3,4). The van der Waals surface area contributed by atoms with Gasteiger partial charge in [-0.25, -0.2) is 14.8 Å². The van der Waals surface area contributed by atoms with Gasteiger partial charge in [0.15, 0.2) is 0 Å². The van der Waals surface area contributed by atoms with Crippen LogP contribution in [0.3, 0.4) is 0 Å². The van der Waals surface area contributed by atoms with E-state index in [1.807, 2.05) is 0 Å². The summed E-state index contributed by atoms with van der Waals surface area (Å²) in [5.41, 5.74) is -1.36. The van der Waals surface area contributed by atoms with Crippen molar-refractivity contribution in [2.75, 3.05) is 0 Å². The van der Waals surface area contributed by atoms with Crippen LogP contribution in [0.2, 0.25) is 10.4 Å². The Bertz CT molecular complexity index is 247. The molecule has 0 aromatic carbocycles. The zero-order valence-corrected chi connectivity index (χ0v) is 7.81. The minimum atomic E-state index is -1.36. The highest BCUT2D eigenvalue weighted by Crippen LogP contribution is 2.04. The molecule has 0 amide bonds. The van der Waals surface area contributed by atoms with E-state index >= 15 is 0 Å². The van der Waals surface area contributed by atoms with E-state index in [4.69, 9.17) is 33.1 Å². The molecule has 0 atom stereocenters. The van der Waals surface area contributed by atoms with E-state index in [2.05, 4.69) is 21.6 Å². The van der Waals surface area contributed by atoms with Crippen LogP contribution in [-0.2, 0) is 0 Å². The van der Waals surface area contributed by atoms with Crippen molar-refractivity contribution in [3.05, 3.63) is 22.7 Å². The van der Waals surface area contributed by atoms with E-state index in [1.54, 1.807) is 6.07 Å². The SMILES string of the molecule is Clc1ccnc(Cl)n1.O=C(O)Cl. The predicted octanol–water partition coefficient (Wildman–Crippen LogP) is 2.69. The van der Waals surface area contributed by atoms with E-state index in [0.29, 0.717) is 5.15 Å². The third kappa shape index (κ3) is 7.53. The molecule has 0 bridgehead atoms. The molecule has 1 heterocycles. The number of aromatic nitrogens is 2. The molecule has 0 unspecified atom stereocenters. The topological polar surface area (TPSA) is 63.1 Å². The Morgan fingerprint density at radius 1 is 1.50 bits per heavy atom. The Morgan fingerprint density at radius 2 is 2.00 bits per heavy atom. The lowest BCUT2D eigenvalue weighted by atomic mass is 10.7. The summed E-state index contributed by atoms with van der Waals surface area (Å²) in [6.07, 6.45) is 1.50. The fourth-order valence-corrected chi connectivity index (χ4v) is 0.642. The van der Waals surface area contributed by atoms with Gasteiger partial charge in [-0.2, -0.15) is 0 Å². The van der Waals surface area contributed by atoms with Crippen LogP contribution in [0, 0.1) is 0 Å². The van der Waals surface area contributed by atoms with Gasteiger partial charge in [0, 0.05) is 17.8 Å². The van der Waals surface area contributed by atoms with Gasteiger partial charge in [-0.15, -0.1) is 0 Å². The Hall–Kier alpha value is -0.580. The normalized spacial score (nSPS) is 8.25. The van der Waals surface area contributed by atoms with Crippen LogP contribution < -0.4 is 0 Å². The van der Waals surface area contributed by atoms with Crippen molar-refractivity contribution >= 4 is 40.2 Å². The fourth-order valence-electron chi connectivity index (χ4n) is 0.315. The summed E-state index contributed by atoms with van der Waals surface area (Å²) in [7, 11) is 0. The fraction of sp³-hybridized carbons (Fsp3) is 0. The Balaban J connectivity index is 0.000000261. The second-order valence-corrected chi connectivity index (χ2v) is 2.45. The molecular weight excluding hydrogens is 226 g/mol. The van der Waals surface area contributed by atoms with Crippen molar-refractivity contribution in [3.63, 3.8) is 0 Å². The molecule has 0 fully saturated rings. The summed E-state index contributed by atoms with van der Waals surface area (Å²) in [6, 6.07) is 1.56. The van der Waals surface area contributed by atoms with Crippen molar-refractivity contribution in [3.8, 4) is 0 Å². The first-order valence-corrected chi connectivity index (χ1v) is 3.68. The van der Waals surface area contributed by atoms with E-state index in [1.165, 1.54) is 6.20 Å². The molecular formula is C5H3Cl3N2O2. The molecule has 12 heavy (non-hydrogen) atoms. The molecule has 0 aliphatic rings.